The maximum atomic E-state index is 2.66. The molecule has 0 aliphatic heterocycles. The topological polar surface area (TPSA) is 6.48 Å². The molecule has 0 saturated heterocycles. The first kappa shape index (κ1) is 64.8. The van der Waals surface area contributed by atoms with Crippen molar-refractivity contribution in [2.75, 3.05) is 9.80 Å². The van der Waals surface area contributed by atoms with Crippen LogP contribution in [0.2, 0.25) is 0 Å². The van der Waals surface area contributed by atoms with Crippen molar-refractivity contribution >= 4 is 34.1 Å². The second kappa shape index (κ2) is 23.0. The molecule has 4 aliphatic carbocycles. The van der Waals surface area contributed by atoms with Gasteiger partial charge < -0.3 is 9.80 Å². The summed E-state index contributed by atoms with van der Waals surface area (Å²) >= 11 is 0. The Morgan fingerprint density at radius 1 is 0.196 bits per heavy atom. The molecule has 4 aliphatic rings. The Labute approximate surface area is 606 Å². The molecule has 0 unspecified atom stereocenters. The Balaban J connectivity index is 0.994. The van der Waals surface area contributed by atoms with E-state index in [2.05, 4.69) is 399 Å². The van der Waals surface area contributed by atoms with Crippen LogP contribution < -0.4 is 9.80 Å². The molecule has 0 aromatic heterocycles. The number of nitrogens with zero attached hydrogens (tertiary/aromatic N) is 2. The van der Waals surface area contributed by atoms with Crippen LogP contribution in [-0.4, -0.2) is 0 Å². The second-order valence-corrected chi connectivity index (χ2v) is 34.5. The Bertz CT molecular complexity index is 5050. The van der Waals surface area contributed by atoms with Gasteiger partial charge in [-0.25, -0.2) is 0 Å². The highest BCUT2D eigenvalue weighted by molar-refractivity contribution is 6.03. The summed E-state index contributed by atoms with van der Waals surface area (Å²) in [4.78, 5) is 5.32. The Hall–Kier alpha value is -10.5. The van der Waals surface area contributed by atoms with Crippen molar-refractivity contribution in [2.45, 2.75) is 142 Å². The van der Waals surface area contributed by atoms with Gasteiger partial charge in [-0.15, -0.1) is 0 Å². The Kier molecular flexibility index (Phi) is 14.6. The zero-order valence-electron chi connectivity index (χ0n) is 62.0. The number of rotatable bonds is 8. The summed E-state index contributed by atoms with van der Waals surface area (Å²) in [6.07, 6.45) is 0. The lowest BCUT2D eigenvalue weighted by Crippen LogP contribution is -2.29. The maximum Gasteiger partial charge on any atom is 0.0746 e. The van der Waals surface area contributed by atoms with E-state index in [1.165, 1.54) is 139 Å². The summed E-state index contributed by atoms with van der Waals surface area (Å²) in [7, 11) is 0. The van der Waals surface area contributed by atoms with E-state index < -0.39 is 10.8 Å². The second-order valence-electron chi connectivity index (χ2n) is 34.5. The molecule has 17 rings (SSSR count). The SMILES string of the molecule is CC(C)(C)c1cc(N(c2cccc(-c3cc(C(C)(C)C)cc(C(C)(C)C)c3)c2)c2cccc3c2C2(c4ccccc4-c4ccccc42)c2ccccc2-3)cc(N(c2cccc(-c3cc(C(C)(C)C)cc(C(C)(C)C)c3)c2)c2cccc3c2C2(c4ccccc4-c4ccccc42)c2ccccc2-3)c1. The Morgan fingerprint density at radius 2 is 0.441 bits per heavy atom. The molecule has 2 heteroatoms. The smallest absolute Gasteiger partial charge is 0.0746 e. The highest BCUT2D eigenvalue weighted by Crippen LogP contribution is 2.68. The van der Waals surface area contributed by atoms with Gasteiger partial charge in [-0.05, 0) is 210 Å². The van der Waals surface area contributed by atoms with Crippen LogP contribution in [0.3, 0.4) is 0 Å². The summed E-state index contributed by atoms with van der Waals surface area (Å²) in [5, 5.41) is 0. The number of anilines is 6. The fraction of sp³-hybridized carbons (Fsp3) is 0.220. The quantitative estimate of drug-likeness (QED) is 0.150. The van der Waals surface area contributed by atoms with Crippen LogP contribution in [0, 0.1) is 0 Å². The highest BCUT2D eigenvalue weighted by Gasteiger charge is 2.55. The van der Waals surface area contributed by atoms with Crippen molar-refractivity contribution in [1.82, 2.24) is 0 Å². The van der Waals surface area contributed by atoms with Gasteiger partial charge in [-0.2, -0.15) is 0 Å². The van der Waals surface area contributed by atoms with Gasteiger partial charge in [0.1, 0.15) is 0 Å². The minimum Gasteiger partial charge on any atom is -0.310 e. The van der Waals surface area contributed by atoms with Crippen molar-refractivity contribution in [3.8, 4) is 66.8 Å². The summed E-state index contributed by atoms with van der Waals surface area (Å²) in [5.41, 5.74) is 36.6. The molecule has 2 nitrogen and oxygen atoms in total. The molecule has 0 N–H and O–H groups in total. The van der Waals surface area contributed by atoms with Gasteiger partial charge in [-0.3, -0.25) is 0 Å². The van der Waals surface area contributed by atoms with E-state index in [4.69, 9.17) is 0 Å². The average Bonchev–Trinajstić information content (AvgIpc) is 1.51. The molecule has 0 amide bonds. The largest absolute Gasteiger partial charge is 0.310 e. The minimum atomic E-state index is -0.649. The number of hydrogen-bond donors (Lipinski definition) is 0. The highest BCUT2D eigenvalue weighted by atomic mass is 15.2. The van der Waals surface area contributed by atoms with Crippen molar-refractivity contribution in [1.29, 1.82) is 0 Å². The predicted octanol–water partition coefficient (Wildman–Crippen LogP) is 27.1. The van der Waals surface area contributed by atoms with Crippen molar-refractivity contribution in [2.24, 2.45) is 0 Å². The van der Waals surface area contributed by atoms with E-state index in [0.717, 1.165) is 34.1 Å². The zero-order chi connectivity index (χ0) is 70.8. The first-order valence-electron chi connectivity index (χ1n) is 36.9. The minimum absolute atomic E-state index is 0.0751. The van der Waals surface area contributed by atoms with Crippen molar-refractivity contribution in [3.63, 3.8) is 0 Å². The molecular weight excluding hydrogens is 1230 g/mol. The molecule has 102 heavy (non-hydrogen) atoms. The summed E-state index contributed by atoms with van der Waals surface area (Å²) < 4.78 is 0. The van der Waals surface area contributed by atoms with Crippen LogP contribution in [0.25, 0.3) is 66.8 Å². The first-order valence-corrected chi connectivity index (χ1v) is 36.9. The van der Waals surface area contributed by atoms with Crippen LogP contribution in [0.15, 0.2) is 285 Å². The van der Waals surface area contributed by atoms with Crippen molar-refractivity contribution < 1.29 is 0 Å². The average molecular weight is 1320 g/mol. The van der Waals surface area contributed by atoms with Crippen LogP contribution >= 0.6 is 0 Å². The molecule has 0 radical (unpaired) electrons. The fourth-order valence-corrected chi connectivity index (χ4v) is 17.7. The summed E-state index contributed by atoms with van der Waals surface area (Å²) in [6.45, 7) is 35.4. The fourth-order valence-electron chi connectivity index (χ4n) is 17.7. The van der Waals surface area contributed by atoms with E-state index in [1.54, 1.807) is 0 Å². The van der Waals surface area contributed by atoms with Gasteiger partial charge in [0.05, 0.1) is 22.2 Å². The molecule has 2 spiro atoms. The Morgan fingerprint density at radius 3 is 0.725 bits per heavy atom. The van der Waals surface area contributed by atoms with Gasteiger partial charge in [-0.1, -0.05) is 334 Å². The standard InChI is InChI=1S/C100H92N2/c1-94(2,3)67-52-65(53-68(58-67)95(4,5)6)63-32-28-34-72(56-63)101(90-50-30-42-82-80-40-20-26-48-88(80)99(92(82)90)84-44-22-16-36-76(84)77-37-17-23-45-85(77)99)74-60-71(98(13,14)15)61-75(62-74)102(73-35-29-33-64(57-73)66-54-69(96(7,8)9)59-70(55-66)97(10,11)12)91-51-31-43-83-81-41-21-27-49-89(81)100(93(83)91)86-46-24-18-38-78(86)79-39-19-25-47-87(79)100/h16-62H,1-15H3. The van der Waals surface area contributed by atoms with Gasteiger partial charge in [0.15, 0.2) is 0 Å². The lowest BCUT2D eigenvalue weighted by Gasteiger charge is -2.38. The third-order valence-electron chi connectivity index (χ3n) is 23.0. The summed E-state index contributed by atoms with van der Waals surface area (Å²) in [5.74, 6) is 0. The van der Waals surface area contributed by atoms with Crippen LogP contribution in [-0.2, 0) is 37.9 Å². The van der Waals surface area contributed by atoms with E-state index in [9.17, 15) is 0 Å². The number of benzene rings is 13. The molecule has 13 aromatic carbocycles. The van der Waals surface area contributed by atoms with Gasteiger partial charge >= 0.3 is 0 Å². The predicted molar refractivity (Wildman–Crippen MR) is 433 cm³/mol. The molecule has 0 heterocycles. The third kappa shape index (κ3) is 9.93. The van der Waals surface area contributed by atoms with E-state index in [0.29, 0.717) is 0 Å². The normalized spacial score (nSPS) is 14.2. The monoisotopic (exact) mass is 1320 g/mol. The maximum absolute atomic E-state index is 2.66. The molecular formula is C100H92N2. The lowest BCUT2D eigenvalue weighted by molar-refractivity contribution is 0.568. The van der Waals surface area contributed by atoms with Crippen LogP contribution in [0.5, 0.6) is 0 Å². The number of fused-ring (bicyclic) bond motifs is 20. The van der Waals surface area contributed by atoms with E-state index in [-0.39, 0.29) is 27.1 Å². The first-order chi connectivity index (χ1) is 48.7. The van der Waals surface area contributed by atoms with Gasteiger partial charge in [0, 0.05) is 33.9 Å². The van der Waals surface area contributed by atoms with Crippen molar-refractivity contribution in [3.05, 3.63) is 357 Å². The van der Waals surface area contributed by atoms with E-state index >= 15 is 0 Å². The number of hydrogen-bond acceptors (Lipinski definition) is 2. The van der Waals surface area contributed by atoms with Gasteiger partial charge in [0.25, 0.3) is 0 Å². The molecule has 0 bridgehead atoms. The molecule has 0 fully saturated rings. The van der Waals surface area contributed by atoms with Crippen LogP contribution in [0.4, 0.5) is 34.1 Å². The molecule has 0 atom stereocenters. The van der Waals surface area contributed by atoms with E-state index in [1.807, 2.05) is 0 Å². The molecule has 502 valence electrons. The van der Waals surface area contributed by atoms with Crippen LogP contribution in [0.1, 0.15) is 176 Å². The third-order valence-corrected chi connectivity index (χ3v) is 23.0. The molecule has 0 saturated carbocycles. The molecule has 13 aromatic rings. The summed E-state index contributed by atoms with van der Waals surface area (Å²) in [6, 6.07) is 111. The lowest BCUT2D eigenvalue weighted by atomic mass is 9.70. The van der Waals surface area contributed by atoms with Gasteiger partial charge in [0.2, 0.25) is 0 Å². The zero-order valence-corrected chi connectivity index (χ0v) is 62.0.